The number of hydrogen-bond donors (Lipinski definition) is 2. The minimum atomic E-state index is -0.374. The van der Waals surface area contributed by atoms with E-state index in [0.29, 0.717) is 11.4 Å². The summed E-state index contributed by atoms with van der Waals surface area (Å²) in [6.45, 7) is 0.775. The topological polar surface area (TPSA) is 102 Å². The van der Waals surface area contributed by atoms with Gasteiger partial charge in [0.05, 0.1) is 12.8 Å². The number of anilines is 1. The van der Waals surface area contributed by atoms with Crippen LogP contribution in [0.1, 0.15) is 30.8 Å². The number of hydrogen-bond acceptors (Lipinski definition) is 5. The second-order valence-corrected chi connectivity index (χ2v) is 7.10. The van der Waals surface area contributed by atoms with Gasteiger partial charge in [-0.2, -0.15) is 0 Å². The molecule has 4 rings (SSSR count). The Labute approximate surface area is 174 Å². The molecule has 0 fully saturated rings. The molecule has 0 spiro atoms. The Morgan fingerprint density at radius 2 is 2.07 bits per heavy atom. The van der Waals surface area contributed by atoms with E-state index < -0.39 is 0 Å². The lowest BCUT2D eigenvalue weighted by Crippen LogP contribution is -2.31. The molecule has 8 nitrogen and oxygen atoms in total. The molecular formula is C22H23N5O3. The van der Waals surface area contributed by atoms with Crippen LogP contribution in [0.25, 0.3) is 17.5 Å². The summed E-state index contributed by atoms with van der Waals surface area (Å²) in [5.74, 6) is 1.72. The van der Waals surface area contributed by atoms with Crippen LogP contribution in [0.3, 0.4) is 0 Å². The highest BCUT2D eigenvalue weighted by Gasteiger charge is 2.16. The average molecular weight is 405 g/mol. The van der Waals surface area contributed by atoms with Crippen molar-refractivity contribution in [1.29, 1.82) is 0 Å². The van der Waals surface area contributed by atoms with Crippen LogP contribution in [0.15, 0.2) is 53.2 Å². The SMILES string of the molecule is O=C(C=Cc1ccco1)NCC(=O)Nc1cccc(-c2nnc3n2CCCCC3)c1. The lowest BCUT2D eigenvalue weighted by atomic mass is 10.2. The van der Waals surface area contributed by atoms with E-state index in [1.807, 2.05) is 18.2 Å². The van der Waals surface area contributed by atoms with Crippen LogP contribution < -0.4 is 10.6 Å². The maximum atomic E-state index is 12.2. The third-order valence-corrected chi connectivity index (χ3v) is 4.88. The van der Waals surface area contributed by atoms with Gasteiger partial charge in [0.2, 0.25) is 11.8 Å². The van der Waals surface area contributed by atoms with E-state index in [1.54, 1.807) is 18.2 Å². The summed E-state index contributed by atoms with van der Waals surface area (Å²) in [5.41, 5.74) is 1.54. The summed E-state index contributed by atoms with van der Waals surface area (Å²) in [6, 6.07) is 11.0. The predicted molar refractivity (Wildman–Crippen MR) is 112 cm³/mol. The molecule has 0 radical (unpaired) electrons. The van der Waals surface area contributed by atoms with Gasteiger partial charge in [0, 0.05) is 30.3 Å². The molecule has 1 aromatic carbocycles. The summed E-state index contributed by atoms with van der Waals surface area (Å²) >= 11 is 0. The predicted octanol–water partition coefficient (Wildman–Crippen LogP) is 3.03. The minimum absolute atomic E-state index is 0.133. The Morgan fingerprint density at radius 1 is 1.13 bits per heavy atom. The Hall–Kier alpha value is -3.68. The first-order valence-corrected chi connectivity index (χ1v) is 10.0. The number of aryl methyl sites for hydroxylation is 1. The van der Waals surface area contributed by atoms with Gasteiger partial charge in [0.15, 0.2) is 5.82 Å². The van der Waals surface area contributed by atoms with Crippen LogP contribution in [0.5, 0.6) is 0 Å². The van der Waals surface area contributed by atoms with Crippen molar-refractivity contribution in [3.63, 3.8) is 0 Å². The Balaban J connectivity index is 1.36. The highest BCUT2D eigenvalue weighted by atomic mass is 16.3. The summed E-state index contributed by atoms with van der Waals surface area (Å²) in [4.78, 5) is 24.1. The number of carbonyl (C=O) groups excluding carboxylic acids is 2. The van der Waals surface area contributed by atoms with Crippen molar-refractivity contribution in [3.05, 3.63) is 60.3 Å². The molecule has 30 heavy (non-hydrogen) atoms. The zero-order chi connectivity index (χ0) is 20.8. The zero-order valence-corrected chi connectivity index (χ0v) is 16.5. The Kier molecular flexibility index (Phi) is 6.03. The highest BCUT2D eigenvalue weighted by Crippen LogP contribution is 2.24. The van der Waals surface area contributed by atoms with Gasteiger partial charge < -0.3 is 19.6 Å². The normalized spacial score (nSPS) is 13.6. The van der Waals surface area contributed by atoms with Crippen molar-refractivity contribution < 1.29 is 14.0 Å². The molecule has 0 atom stereocenters. The first-order valence-electron chi connectivity index (χ1n) is 10.0. The molecule has 154 valence electrons. The Bertz CT molecular complexity index is 1050. The molecule has 3 aromatic rings. The van der Waals surface area contributed by atoms with Gasteiger partial charge in [-0.1, -0.05) is 18.6 Å². The van der Waals surface area contributed by atoms with E-state index in [4.69, 9.17) is 4.42 Å². The van der Waals surface area contributed by atoms with Gasteiger partial charge in [0.1, 0.15) is 11.6 Å². The smallest absolute Gasteiger partial charge is 0.244 e. The maximum Gasteiger partial charge on any atom is 0.244 e. The van der Waals surface area contributed by atoms with Crippen LogP contribution in [0.2, 0.25) is 0 Å². The first kappa shape index (κ1) is 19.6. The second kappa shape index (κ2) is 9.21. The molecule has 0 unspecified atom stereocenters. The highest BCUT2D eigenvalue weighted by molar-refractivity contribution is 5.98. The summed E-state index contributed by atoms with van der Waals surface area (Å²) in [7, 11) is 0. The third-order valence-electron chi connectivity index (χ3n) is 4.88. The third kappa shape index (κ3) is 4.83. The molecule has 2 aromatic heterocycles. The lowest BCUT2D eigenvalue weighted by molar-refractivity contribution is -0.121. The number of amides is 2. The lowest BCUT2D eigenvalue weighted by Gasteiger charge is -2.09. The molecular weight excluding hydrogens is 382 g/mol. The van der Waals surface area contributed by atoms with Crippen molar-refractivity contribution in [2.45, 2.75) is 32.2 Å². The number of nitrogens with one attached hydrogen (secondary N) is 2. The van der Waals surface area contributed by atoms with E-state index in [-0.39, 0.29) is 18.4 Å². The molecule has 1 aliphatic rings. The van der Waals surface area contributed by atoms with Gasteiger partial charge in [-0.15, -0.1) is 10.2 Å². The number of aromatic nitrogens is 3. The van der Waals surface area contributed by atoms with E-state index in [1.165, 1.54) is 24.8 Å². The number of nitrogens with zero attached hydrogens (tertiary/aromatic N) is 3. The summed E-state index contributed by atoms with van der Waals surface area (Å²) < 4.78 is 7.28. The molecule has 2 amide bonds. The van der Waals surface area contributed by atoms with Crippen LogP contribution in [0, 0.1) is 0 Å². The molecule has 0 aliphatic carbocycles. The average Bonchev–Trinajstić information content (AvgIpc) is 3.36. The van der Waals surface area contributed by atoms with E-state index >= 15 is 0 Å². The minimum Gasteiger partial charge on any atom is -0.465 e. The van der Waals surface area contributed by atoms with Crippen molar-refractivity contribution in [1.82, 2.24) is 20.1 Å². The van der Waals surface area contributed by atoms with E-state index in [9.17, 15) is 9.59 Å². The molecule has 8 heteroatoms. The van der Waals surface area contributed by atoms with Crippen LogP contribution in [-0.4, -0.2) is 33.1 Å². The molecule has 2 N–H and O–H groups in total. The number of benzene rings is 1. The van der Waals surface area contributed by atoms with Gasteiger partial charge in [-0.3, -0.25) is 9.59 Å². The number of rotatable bonds is 6. The van der Waals surface area contributed by atoms with Crippen molar-refractivity contribution in [2.75, 3.05) is 11.9 Å². The van der Waals surface area contributed by atoms with Crippen molar-refractivity contribution >= 4 is 23.6 Å². The van der Waals surface area contributed by atoms with Crippen LogP contribution >= 0.6 is 0 Å². The van der Waals surface area contributed by atoms with Gasteiger partial charge in [0.25, 0.3) is 0 Å². The van der Waals surface area contributed by atoms with Crippen molar-refractivity contribution in [2.24, 2.45) is 0 Å². The van der Waals surface area contributed by atoms with E-state index in [0.717, 1.165) is 43.0 Å². The Morgan fingerprint density at radius 3 is 2.93 bits per heavy atom. The second-order valence-electron chi connectivity index (χ2n) is 7.10. The maximum absolute atomic E-state index is 12.2. The first-order chi connectivity index (χ1) is 14.7. The molecule has 1 aliphatic heterocycles. The van der Waals surface area contributed by atoms with Gasteiger partial charge >= 0.3 is 0 Å². The number of furan rings is 1. The molecule has 0 saturated carbocycles. The van der Waals surface area contributed by atoms with Gasteiger partial charge in [-0.25, -0.2) is 0 Å². The monoisotopic (exact) mass is 405 g/mol. The molecule has 3 heterocycles. The van der Waals surface area contributed by atoms with E-state index in [2.05, 4.69) is 25.4 Å². The summed E-state index contributed by atoms with van der Waals surface area (Å²) in [6.07, 6.45) is 8.77. The van der Waals surface area contributed by atoms with Crippen LogP contribution in [-0.2, 0) is 22.6 Å². The fraction of sp³-hybridized carbons (Fsp3) is 0.273. The van der Waals surface area contributed by atoms with Crippen LogP contribution in [0.4, 0.5) is 5.69 Å². The fourth-order valence-electron chi connectivity index (χ4n) is 3.41. The fourth-order valence-corrected chi connectivity index (χ4v) is 3.41. The standard InChI is InChI=1S/C22H23N5O3/c28-20(11-10-18-8-5-13-30-18)23-15-21(29)24-17-7-4-6-16(14-17)22-26-25-19-9-2-1-3-12-27(19)22/h4-8,10-11,13-14H,1-3,9,12,15H2,(H,23,28)(H,24,29). The number of fused-ring (bicyclic) bond motifs is 1. The number of carbonyl (C=O) groups is 2. The summed E-state index contributed by atoms with van der Waals surface area (Å²) in [5, 5.41) is 14.0. The largest absolute Gasteiger partial charge is 0.465 e. The zero-order valence-electron chi connectivity index (χ0n) is 16.5. The molecule has 0 bridgehead atoms. The molecule has 0 saturated heterocycles. The van der Waals surface area contributed by atoms with Crippen molar-refractivity contribution in [3.8, 4) is 11.4 Å². The van der Waals surface area contributed by atoms with Gasteiger partial charge in [-0.05, 0) is 43.2 Å². The quantitative estimate of drug-likeness (QED) is 0.614.